The van der Waals surface area contributed by atoms with Crippen molar-refractivity contribution >= 4 is 50.9 Å². The molecule has 4 rings (SSSR count). The average molecular weight is 492 g/mol. The van der Waals surface area contributed by atoms with Crippen LogP contribution in [0, 0.1) is 6.92 Å². The van der Waals surface area contributed by atoms with E-state index in [0.29, 0.717) is 46.4 Å². The second-order valence-electron chi connectivity index (χ2n) is 7.75. The molecule has 2 heterocycles. The Bertz CT molecular complexity index is 1360. The number of aromatic nitrogens is 3. The lowest BCUT2D eigenvalue weighted by molar-refractivity contribution is -0.118. The second kappa shape index (κ2) is 10.9. The van der Waals surface area contributed by atoms with Crippen LogP contribution in [0.15, 0.2) is 54.7 Å². The third kappa shape index (κ3) is 6.08. The molecule has 35 heavy (non-hydrogen) atoms. The van der Waals surface area contributed by atoms with E-state index in [1.54, 1.807) is 30.5 Å². The van der Waals surface area contributed by atoms with E-state index in [2.05, 4.69) is 35.6 Å². The summed E-state index contributed by atoms with van der Waals surface area (Å²) in [6, 6.07) is 14.4. The van der Waals surface area contributed by atoms with E-state index in [1.165, 1.54) is 18.5 Å². The van der Waals surface area contributed by atoms with Crippen LogP contribution in [0.3, 0.4) is 0 Å². The van der Waals surface area contributed by atoms with E-state index in [-0.39, 0.29) is 11.8 Å². The Balaban J connectivity index is 1.45. The predicted octanol–water partition coefficient (Wildman–Crippen LogP) is 3.11. The SMILES string of the molecule is CC(=O)NCCNC(=O)c1cccc(NC(O)c2c(C)nsc2Nc2cnc3ccccc3n2)c1. The van der Waals surface area contributed by atoms with Gasteiger partial charge in [0.05, 0.1) is 28.5 Å². The second-order valence-corrected chi connectivity index (χ2v) is 8.52. The van der Waals surface area contributed by atoms with Crippen molar-refractivity contribution in [2.75, 3.05) is 23.7 Å². The molecule has 2 aromatic carbocycles. The maximum atomic E-state index is 12.4. The zero-order chi connectivity index (χ0) is 24.8. The number of benzene rings is 2. The summed E-state index contributed by atoms with van der Waals surface area (Å²) in [5.41, 5.74) is 3.78. The normalized spacial score (nSPS) is 11.6. The minimum Gasteiger partial charge on any atom is -0.369 e. The molecule has 0 aliphatic heterocycles. The number of aliphatic hydroxyl groups is 1. The van der Waals surface area contributed by atoms with E-state index in [9.17, 15) is 14.7 Å². The van der Waals surface area contributed by atoms with Crippen LogP contribution < -0.4 is 21.3 Å². The summed E-state index contributed by atoms with van der Waals surface area (Å²) in [4.78, 5) is 32.3. The van der Waals surface area contributed by atoms with Crippen molar-refractivity contribution in [1.29, 1.82) is 0 Å². The summed E-state index contributed by atoms with van der Waals surface area (Å²) >= 11 is 1.21. The molecule has 11 heteroatoms. The van der Waals surface area contributed by atoms with E-state index >= 15 is 0 Å². The minimum absolute atomic E-state index is 0.154. The average Bonchev–Trinajstić information content (AvgIpc) is 3.21. The number of hydrogen-bond acceptors (Lipinski definition) is 9. The summed E-state index contributed by atoms with van der Waals surface area (Å²) in [6.07, 6.45) is 0.553. The standard InChI is InChI=1S/C24H25N7O3S/c1-14-21(24(35-31-14)30-20-13-27-18-8-3-4-9-19(18)29-20)23(34)28-17-7-5-6-16(12-17)22(33)26-11-10-25-15(2)32/h3-9,12-13,23,28,34H,10-11H2,1-2H3,(H,25,32)(H,26,33)(H,29,30). The van der Waals surface area contributed by atoms with Gasteiger partial charge in [0.15, 0.2) is 6.23 Å². The Morgan fingerprint density at radius 3 is 2.63 bits per heavy atom. The number of nitrogens with one attached hydrogen (secondary N) is 4. The Hall–Kier alpha value is -4.09. The van der Waals surface area contributed by atoms with Crippen molar-refractivity contribution in [2.24, 2.45) is 0 Å². The fourth-order valence-electron chi connectivity index (χ4n) is 3.42. The van der Waals surface area contributed by atoms with Gasteiger partial charge < -0.3 is 26.4 Å². The van der Waals surface area contributed by atoms with Crippen LogP contribution in [0.5, 0.6) is 0 Å². The van der Waals surface area contributed by atoms with Gasteiger partial charge in [-0.05, 0) is 48.8 Å². The number of carbonyl (C=O) groups excluding carboxylic acids is 2. The third-order valence-electron chi connectivity index (χ3n) is 5.08. The number of anilines is 3. The Morgan fingerprint density at radius 2 is 1.83 bits per heavy atom. The van der Waals surface area contributed by atoms with Gasteiger partial charge in [0.1, 0.15) is 10.8 Å². The minimum atomic E-state index is -1.08. The molecule has 0 aliphatic carbocycles. The zero-order valence-electron chi connectivity index (χ0n) is 19.2. The van der Waals surface area contributed by atoms with Crippen molar-refractivity contribution < 1.29 is 14.7 Å². The van der Waals surface area contributed by atoms with Crippen LogP contribution in [0.1, 0.15) is 34.8 Å². The summed E-state index contributed by atoms with van der Waals surface area (Å²) in [7, 11) is 0. The van der Waals surface area contributed by atoms with Gasteiger partial charge in [0, 0.05) is 31.3 Å². The summed E-state index contributed by atoms with van der Waals surface area (Å²) in [5.74, 6) is 0.108. The van der Waals surface area contributed by atoms with Gasteiger partial charge in [-0.2, -0.15) is 4.37 Å². The Morgan fingerprint density at radius 1 is 1.06 bits per heavy atom. The molecule has 5 N–H and O–H groups in total. The molecule has 1 unspecified atom stereocenters. The molecule has 2 amide bonds. The van der Waals surface area contributed by atoms with Crippen molar-refractivity contribution in [1.82, 2.24) is 25.0 Å². The van der Waals surface area contributed by atoms with Gasteiger partial charge in [-0.15, -0.1) is 0 Å². The molecule has 0 aliphatic rings. The van der Waals surface area contributed by atoms with Crippen molar-refractivity contribution in [2.45, 2.75) is 20.1 Å². The van der Waals surface area contributed by atoms with Gasteiger partial charge >= 0.3 is 0 Å². The number of hydrogen-bond donors (Lipinski definition) is 5. The molecule has 0 fully saturated rings. The van der Waals surface area contributed by atoms with Crippen LogP contribution in [-0.2, 0) is 4.79 Å². The Labute approximate surface area is 206 Å². The zero-order valence-corrected chi connectivity index (χ0v) is 20.0. The first kappa shape index (κ1) is 24.0. The first-order valence-electron chi connectivity index (χ1n) is 10.9. The number of aryl methyl sites for hydroxylation is 1. The number of fused-ring (bicyclic) bond motifs is 1. The van der Waals surface area contributed by atoms with Crippen LogP contribution in [0.25, 0.3) is 11.0 Å². The first-order chi connectivity index (χ1) is 16.9. The molecule has 0 saturated heterocycles. The van der Waals surface area contributed by atoms with Crippen molar-refractivity contribution in [3.8, 4) is 0 Å². The lowest BCUT2D eigenvalue weighted by Gasteiger charge is -2.17. The fourth-order valence-corrected chi connectivity index (χ4v) is 4.25. The lowest BCUT2D eigenvalue weighted by atomic mass is 10.1. The van der Waals surface area contributed by atoms with Crippen LogP contribution in [0.2, 0.25) is 0 Å². The molecule has 4 aromatic rings. The number of nitrogens with zero attached hydrogens (tertiary/aromatic N) is 3. The summed E-state index contributed by atoms with van der Waals surface area (Å²) < 4.78 is 4.37. The van der Waals surface area contributed by atoms with Gasteiger partial charge in [0.25, 0.3) is 5.91 Å². The molecule has 10 nitrogen and oxygen atoms in total. The predicted molar refractivity (Wildman–Crippen MR) is 136 cm³/mol. The van der Waals surface area contributed by atoms with Gasteiger partial charge in [-0.25, -0.2) is 4.98 Å². The lowest BCUT2D eigenvalue weighted by Crippen LogP contribution is -2.33. The van der Waals surface area contributed by atoms with E-state index < -0.39 is 6.23 Å². The molecular formula is C24H25N7O3S. The largest absolute Gasteiger partial charge is 0.369 e. The number of rotatable bonds is 9. The number of para-hydroxylation sites is 2. The van der Waals surface area contributed by atoms with Gasteiger partial charge in [-0.3, -0.25) is 14.6 Å². The smallest absolute Gasteiger partial charge is 0.251 e. The molecule has 0 bridgehead atoms. The maximum absolute atomic E-state index is 12.4. The quantitative estimate of drug-likeness (QED) is 0.178. The molecule has 0 spiro atoms. The fraction of sp³-hybridized carbons (Fsp3) is 0.208. The molecule has 0 radical (unpaired) electrons. The number of aliphatic hydroxyl groups excluding tert-OH is 1. The van der Waals surface area contributed by atoms with Gasteiger partial charge in [-0.1, -0.05) is 18.2 Å². The van der Waals surface area contributed by atoms with E-state index in [0.717, 1.165) is 11.0 Å². The van der Waals surface area contributed by atoms with Crippen molar-refractivity contribution in [3.05, 3.63) is 71.5 Å². The third-order valence-corrected chi connectivity index (χ3v) is 5.95. The molecule has 180 valence electrons. The molecule has 2 aromatic heterocycles. The number of carbonyl (C=O) groups is 2. The number of amides is 2. The van der Waals surface area contributed by atoms with Crippen LogP contribution in [0.4, 0.5) is 16.5 Å². The molecule has 0 saturated carbocycles. The maximum Gasteiger partial charge on any atom is 0.251 e. The highest BCUT2D eigenvalue weighted by Gasteiger charge is 2.20. The summed E-state index contributed by atoms with van der Waals surface area (Å²) in [5, 5.41) is 23.2. The van der Waals surface area contributed by atoms with E-state index in [1.807, 2.05) is 31.2 Å². The highest BCUT2D eigenvalue weighted by molar-refractivity contribution is 7.10. The first-order valence-corrected chi connectivity index (χ1v) is 11.7. The Kier molecular flexibility index (Phi) is 7.48. The molecular weight excluding hydrogens is 466 g/mol. The monoisotopic (exact) mass is 491 g/mol. The van der Waals surface area contributed by atoms with Gasteiger partial charge in [0.2, 0.25) is 5.91 Å². The van der Waals surface area contributed by atoms with Crippen LogP contribution >= 0.6 is 11.5 Å². The van der Waals surface area contributed by atoms with Crippen LogP contribution in [-0.4, -0.2) is 44.4 Å². The van der Waals surface area contributed by atoms with E-state index in [4.69, 9.17) is 0 Å². The summed E-state index contributed by atoms with van der Waals surface area (Å²) in [6.45, 7) is 3.89. The molecule has 1 atom stereocenters. The topological polar surface area (TPSA) is 141 Å². The highest BCUT2D eigenvalue weighted by Crippen LogP contribution is 2.33. The van der Waals surface area contributed by atoms with Crippen molar-refractivity contribution in [3.63, 3.8) is 0 Å². The highest BCUT2D eigenvalue weighted by atomic mass is 32.1.